The Hall–Kier alpha value is -0.390. The van der Waals surface area contributed by atoms with Crippen LogP contribution in [0, 0.1) is 5.92 Å². The number of likely N-dealkylation sites (tertiary alicyclic amines) is 1. The molecule has 0 bridgehead atoms. The highest BCUT2D eigenvalue weighted by Gasteiger charge is 2.45. The van der Waals surface area contributed by atoms with Crippen LogP contribution in [0.3, 0.4) is 0 Å². The van der Waals surface area contributed by atoms with Crippen molar-refractivity contribution in [2.24, 2.45) is 5.92 Å². The third kappa shape index (κ3) is 2.73. The first-order valence-electron chi connectivity index (χ1n) is 6.88. The van der Waals surface area contributed by atoms with Crippen molar-refractivity contribution in [3.8, 4) is 0 Å². The number of aliphatic carboxylic acids is 1. The fourth-order valence-corrected chi connectivity index (χ4v) is 5.13. The van der Waals surface area contributed by atoms with Gasteiger partial charge in [-0.05, 0) is 53.2 Å². The normalized spacial score (nSPS) is 31.3. The summed E-state index contributed by atoms with van der Waals surface area (Å²) in [4.78, 5) is 15.0. The fourth-order valence-electron chi connectivity index (χ4n) is 3.64. The molecule has 1 saturated heterocycles. The lowest BCUT2D eigenvalue weighted by atomic mass is 9.85. The van der Waals surface area contributed by atoms with Crippen LogP contribution in [-0.4, -0.2) is 28.1 Å². The molecule has 0 amide bonds. The lowest BCUT2D eigenvalue weighted by Crippen LogP contribution is -2.41. The number of carboxylic acid groups (broad SMARTS) is 1. The Morgan fingerprint density at radius 1 is 1.42 bits per heavy atom. The molecule has 1 aliphatic heterocycles. The summed E-state index contributed by atoms with van der Waals surface area (Å²) in [5, 5.41) is 9.47. The molecule has 1 N–H and O–H groups in total. The number of carboxylic acids is 1. The van der Waals surface area contributed by atoms with Crippen LogP contribution in [0.4, 0.5) is 0 Å². The number of thiophene rings is 1. The zero-order chi connectivity index (χ0) is 13.4. The maximum absolute atomic E-state index is 11.5. The van der Waals surface area contributed by atoms with E-state index in [0.29, 0.717) is 12.0 Å². The molecule has 19 heavy (non-hydrogen) atoms. The molecule has 3 nitrogen and oxygen atoms in total. The van der Waals surface area contributed by atoms with E-state index in [9.17, 15) is 9.90 Å². The molecule has 2 heterocycles. The molecule has 0 spiro atoms. The van der Waals surface area contributed by atoms with Crippen LogP contribution >= 0.6 is 27.3 Å². The number of hydrogen-bond donors (Lipinski definition) is 1. The Kier molecular flexibility index (Phi) is 3.96. The average molecular weight is 344 g/mol. The number of fused-ring (bicyclic) bond motifs is 1. The highest BCUT2D eigenvalue weighted by atomic mass is 79.9. The highest BCUT2D eigenvalue weighted by Crippen LogP contribution is 2.41. The lowest BCUT2D eigenvalue weighted by molar-refractivity contribution is -0.142. The minimum atomic E-state index is -0.648. The zero-order valence-electron chi connectivity index (χ0n) is 10.7. The minimum absolute atomic E-state index is 0.283. The molecular formula is C14H18BrNO2S. The molecule has 1 aliphatic carbocycles. The van der Waals surface area contributed by atoms with Gasteiger partial charge in [0, 0.05) is 17.5 Å². The number of halogens is 1. The van der Waals surface area contributed by atoms with Crippen molar-refractivity contribution in [1.29, 1.82) is 0 Å². The molecule has 5 heteroatoms. The maximum atomic E-state index is 11.5. The molecule has 3 unspecified atom stereocenters. The molecule has 2 fully saturated rings. The fraction of sp³-hybridized carbons (Fsp3) is 0.643. The maximum Gasteiger partial charge on any atom is 0.320 e. The second-order valence-electron chi connectivity index (χ2n) is 5.58. The van der Waals surface area contributed by atoms with E-state index in [1.165, 1.54) is 30.6 Å². The molecule has 104 valence electrons. The van der Waals surface area contributed by atoms with Gasteiger partial charge >= 0.3 is 5.97 Å². The van der Waals surface area contributed by atoms with Gasteiger partial charge in [-0.15, -0.1) is 11.3 Å². The minimum Gasteiger partial charge on any atom is -0.480 e. The molecule has 1 saturated carbocycles. The van der Waals surface area contributed by atoms with Gasteiger partial charge in [-0.3, -0.25) is 9.69 Å². The van der Waals surface area contributed by atoms with Gasteiger partial charge < -0.3 is 5.11 Å². The molecule has 3 rings (SSSR count). The molecule has 0 aromatic carbocycles. The largest absolute Gasteiger partial charge is 0.480 e. The lowest BCUT2D eigenvalue weighted by Gasteiger charge is -2.32. The second kappa shape index (κ2) is 5.54. The van der Waals surface area contributed by atoms with Gasteiger partial charge in [-0.2, -0.15) is 0 Å². The first-order chi connectivity index (χ1) is 9.15. The number of rotatable bonds is 3. The highest BCUT2D eigenvalue weighted by molar-refractivity contribution is 9.11. The molecule has 0 radical (unpaired) electrons. The van der Waals surface area contributed by atoms with Gasteiger partial charge in [-0.1, -0.05) is 12.8 Å². The van der Waals surface area contributed by atoms with E-state index >= 15 is 0 Å². The van der Waals surface area contributed by atoms with Crippen LogP contribution < -0.4 is 0 Å². The summed E-state index contributed by atoms with van der Waals surface area (Å²) in [7, 11) is 0. The van der Waals surface area contributed by atoms with E-state index in [4.69, 9.17) is 0 Å². The van der Waals surface area contributed by atoms with Crippen molar-refractivity contribution in [2.75, 3.05) is 0 Å². The van der Waals surface area contributed by atoms with Crippen molar-refractivity contribution in [3.63, 3.8) is 0 Å². The first-order valence-corrected chi connectivity index (χ1v) is 8.49. The van der Waals surface area contributed by atoms with Gasteiger partial charge in [0.15, 0.2) is 0 Å². The summed E-state index contributed by atoms with van der Waals surface area (Å²) in [6, 6.07) is 4.35. The van der Waals surface area contributed by atoms with Gasteiger partial charge in [0.05, 0.1) is 3.79 Å². The summed E-state index contributed by atoms with van der Waals surface area (Å²) >= 11 is 5.19. The predicted octanol–water partition coefficient (Wildman–Crippen LogP) is 3.73. The smallest absolute Gasteiger partial charge is 0.320 e. The van der Waals surface area contributed by atoms with Gasteiger partial charge in [0.2, 0.25) is 0 Å². The Morgan fingerprint density at radius 3 is 2.89 bits per heavy atom. The van der Waals surface area contributed by atoms with Crippen LogP contribution in [0.2, 0.25) is 0 Å². The Morgan fingerprint density at radius 2 is 2.21 bits per heavy atom. The van der Waals surface area contributed by atoms with Crippen LogP contribution in [0.1, 0.15) is 37.0 Å². The third-order valence-corrected chi connectivity index (χ3v) is 6.08. The number of hydrogen-bond acceptors (Lipinski definition) is 3. The number of carbonyl (C=O) groups is 1. The van der Waals surface area contributed by atoms with Crippen molar-refractivity contribution < 1.29 is 9.90 Å². The van der Waals surface area contributed by atoms with E-state index in [1.807, 2.05) is 6.07 Å². The third-order valence-electron chi connectivity index (χ3n) is 4.47. The Bertz CT molecular complexity index is 476. The second-order valence-corrected chi connectivity index (χ2v) is 8.13. The van der Waals surface area contributed by atoms with Crippen LogP contribution in [0.25, 0.3) is 0 Å². The van der Waals surface area contributed by atoms with E-state index in [-0.39, 0.29) is 6.04 Å². The molecular weight excluding hydrogens is 326 g/mol. The van der Waals surface area contributed by atoms with Crippen LogP contribution in [0.15, 0.2) is 15.9 Å². The van der Waals surface area contributed by atoms with Gasteiger partial charge in [-0.25, -0.2) is 0 Å². The predicted molar refractivity (Wildman–Crippen MR) is 79.3 cm³/mol. The Labute approximate surface area is 125 Å². The van der Waals surface area contributed by atoms with Gasteiger partial charge in [0.1, 0.15) is 6.04 Å². The van der Waals surface area contributed by atoms with E-state index in [0.717, 1.165) is 16.8 Å². The monoisotopic (exact) mass is 343 g/mol. The van der Waals surface area contributed by atoms with E-state index in [1.54, 1.807) is 11.3 Å². The van der Waals surface area contributed by atoms with Crippen LogP contribution in [0.5, 0.6) is 0 Å². The van der Waals surface area contributed by atoms with Gasteiger partial charge in [0.25, 0.3) is 0 Å². The zero-order valence-corrected chi connectivity index (χ0v) is 13.1. The van der Waals surface area contributed by atoms with Crippen molar-refractivity contribution in [2.45, 2.75) is 50.7 Å². The van der Waals surface area contributed by atoms with Crippen molar-refractivity contribution in [1.82, 2.24) is 4.90 Å². The van der Waals surface area contributed by atoms with E-state index < -0.39 is 5.97 Å². The molecule has 3 atom stereocenters. The summed E-state index contributed by atoms with van der Waals surface area (Å²) in [6.07, 6.45) is 5.73. The summed E-state index contributed by atoms with van der Waals surface area (Å²) in [5.74, 6) is -0.0525. The SMILES string of the molecule is O=C(O)C1CC2CCCCC2N1Cc1ccc(Br)s1. The first kappa shape index (κ1) is 13.6. The standard InChI is InChI=1S/C14H18BrNO2S/c15-13-6-5-10(19-13)8-16-11-4-2-1-3-9(11)7-12(16)14(17)18/h5-6,9,11-12H,1-4,7-8H2,(H,17,18). The van der Waals surface area contributed by atoms with E-state index in [2.05, 4.69) is 26.9 Å². The Balaban J connectivity index is 1.80. The van der Waals surface area contributed by atoms with Crippen molar-refractivity contribution >= 4 is 33.2 Å². The molecule has 1 aromatic heterocycles. The summed E-state index contributed by atoms with van der Waals surface area (Å²) < 4.78 is 1.12. The quantitative estimate of drug-likeness (QED) is 0.908. The number of nitrogens with zero attached hydrogens (tertiary/aromatic N) is 1. The summed E-state index contributed by atoms with van der Waals surface area (Å²) in [6.45, 7) is 0.786. The molecule has 1 aromatic rings. The average Bonchev–Trinajstić information content (AvgIpc) is 2.95. The van der Waals surface area contributed by atoms with Crippen LogP contribution in [-0.2, 0) is 11.3 Å². The topological polar surface area (TPSA) is 40.5 Å². The van der Waals surface area contributed by atoms with Crippen molar-refractivity contribution in [3.05, 3.63) is 20.8 Å². The molecule has 2 aliphatic rings. The summed E-state index contributed by atoms with van der Waals surface area (Å²) in [5.41, 5.74) is 0.